The van der Waals surface area contributed by atoms with E-state index in [0.29, 0.717) is 37.5 Å². The lowest BCUT2D eigenvalue weighted by molar-refractivity contribution is -0.161. The Morgan fingerprint density at radius 2 is 0.442 bits per heavy atom. The molecule has 0 saturated heterocycles. The average Bonchev–Trinajstić information content (AvgIpc) is 1.50. The lowest BCUT2D eigenvalue weighted by Crippen LogP contribution is -2.30. The van der Waals surface area contributed by atoms with E-state index in [-0.39, 0.29) is 25.7 Å². The van der Waals surface area contributed by atoms with Gasteiger partial charge in [-0.2, -0.15) is 0 Å². The van der Waals surface area contributed by atoms with Crippen LogP contribution in [0.3, 0.4) is 0 Å². The summed E-state index contributed by atoms with van der Waals surface area (Å²) in [5.74, 6) is 0.885. The number of carbonyl (C=O) groups excluding carboxylic acids is 4. The first-order chi connectivity index (χ1) is 45.6. The van der Waals surface area contributed by atoms with Gasteiger partial charge in [0.25, 0.3) is 0 Å². The van der Waals surface area contributed by atoms with Crippen LogP contribution in [0.4, 0.5) is 0 Å². The van der Waals surface area contributed by atoms with Gasteiger partial charge < -0.3 is 33.8 Å². The summed E-state index contributed by atoms with van der Waals surface area (Å²) in [4.78, 5) is 72.8. The maximum absolute atomic E-state index is 13.1. The molecule has 5 atom stereocenters. The fourth-order valence-corrected chi connectivity index (χ4v) is 13.1. The molecule has 0 saturated carbocycles. The second-order valence-corrected chi connectivity index (χ2v) is 32.2. The monoisotopic (exact) mass is 1400 g/mol. The molecule has 0 aliphatic carbocycles. The van der Waals surface area contributed by atoms with Gasteiger partial charge in [0.1, 0.15) is 19.3 Å². The molecule has 0 aliphatic heterocycles. The highest BCUT2D eigenvalue weighted by Crippen LogP contribution is 2.45. The van der Waals surface area contributed by atoms with E-state index in [1.54, 1.807) is 0 Å². The van der Waals surface area contributed by atoms with Crippen LogP contribution in [-0.2, 0) is 65.4 Å². The van der Waals surface area contributed by atoms with Crippen molar-refractivity contribution in [3.63, 3.8) is 0 Å². The van der Waals surface area contributed by atoms with Crippen LogP contribution in [-0.4, -0.2) is 96.7 Å². The Labute approximate surface area is 581 Å². The van der Waals surface area contributed by atoms with E-state index in [0.717, 1.165) is 115 Å². The van der Waals surface area contributed by atoms with Gasteiger partial charge in [0.05, 0.1) is 26.4 Å². The van der Waals surface area contributed by atoms with Crippen LogP contribution in [0.15, 0.2) is 0 Å². The lowest BCUT2D eigenvalue weighted by atomic mass is 10.0. The summed E-state index contributed by atoms with van der Waals surface area (Å²) >= 11 is 0. The number of hydrogen-bond donors (Lipinski definition) is 3. The van der Waals surface area contributed by atoms with Gasteiger partial charge in [0.2, 0.25) is 0 Å². The van der Waals surface area contributed by atoms with Gasteiger partial charge in [-0.1, -0.05) is 331 Å². The number of hydrogen-bond acceptors (Lipinski definition) is 15. The number of aliphatic hydroxyl groups is 1. The number of carbonyl (C=O) groups is 4. The van der Waals surface area contributed by atoms with Gasteiger partial charge in [-0.05, 0) is 49.4 Å². The topological polar surface area (TPSA) is 237 Å². The minimum atomic E-state index is -4.96. The van der Waals surface area contributed by atoms with E-state index in [1.165, 1.54) is 173 Å². The molecule has 0 heterocycles. The quantitative estimate of drug-likeness (QED) is 0.0222. The molecule has 0 aromatic carbocycles. The van der Waals surface area contributed by atoms with Crippen molar-refractivity contribution in [3.8, 4) is 0 Å². The summed E-state index contributed by atoms with van der Waals surface area (Å²) in [5.41, 5.74) is 0. The summed E-state index contributed by atoms with van der Waals surface area (Å²) < 4.78 is 68.5. The molecule has 3 unspecified atom stereocenters. The highest BCUT2D eigenvalue weighted by Gasteiger charge is 2.30. The van der Waals surface area contributed by atoms with Gasteiger partial charge in [0, 0.05) is 25.7 Å². The number of ether oxygens (including phenoxy) is 4. The van der Waals surface area contributed by atoms with Crippen molar-refractivity contribution in [2.45, 2.75) is 401 Å². The molecule has 17 nitrogen and oxygen atoms in total. The summed E-state index contributed by atoms with van der Waals surface area (Å²) in [6.07, 6.45) is 50.1. The van der Waals surface area contributed by atoms with Crippen molar-refractivity contribution in [2.75, 3.05) is 39.6 Å². The first kappa shape index (κ1) is 93.1. The first-order valence-electron chi connectivity index (χ1n) is 39.2. The number of unbranched alkanes of at least 4 members (excludes halogenated alkanes) is 39. The molecule has 0 aromatic rings. The molecule has 0 radical (unpaired) electrons. The van der Waals surface area contributed by atoms with Crippen molar-refractivity contribution >= 4 is 39.5 Å². The van der Waals surface area contributed by atoms with E-state index in [1.807, 2.05) is 0 Å². The smallest absolute Gasteiger partial charge is 0.462 e. The molecule has 0 spiro atoms. The summed E-state index contributed by atoms with van der Waals surface area (Å²) in [6.45, 7) is 14.1. The molecule has 564 valence electrons. The van der Waals surface area contributed by atoms with Crippen LogP contribution in [0, 0.1) is 23.7 Å². The Hall–Kier alpha value is -1.94. The van der Waals surface area contributed by atoms with Crippen molar-refractivity contribution in [1.29, 1.82) is 0 Å². The third-order valence-corrected chi connectivity index (χ3v) is 19.5. The predicted octanol–water partition coefficient (Wildman–Crippen LogP) is 22.0. The van der Waals surface area contributed by atoms with E-state index in [4.69, 9.17) is 37.0 Å². The number of phosphoric acid groups is 2. The van der Waals surface area contributed by atoms with E-state index in [2.05, 4.69) is 55.4 Å². The number of aliphatic hydroxyl groups excluding tert-OH is 1. The summed E-state index contributed by atoms with van der Waals surface area (Å²) in [7, 11) is -9.91. The highest BCUT2D eigenvalue weighted by atomic mass is 31.2. The first-order valence-corrected chi connectivity index (χ1v) is 42.2. The molecule has 0 amide bonds. The molecular weight excluding hydrogens is 1250 g/mol. The zero-order valence-electron chi connectivity index (χ0n) is 62.3. The van der Waals surface area contributed by atoms with Crippen LogP contribution < -0.4 is 0 Å². The van der Waals surface area contributed by atoms with Crippen LogP contribution in [0.25, 0.3) is 0 Å². The Morgan fingerprint density at radius 1 is 0.263 bits per heavy atom. The minimum absolute atomic E-state index is 0.106. The second kappa shape index (κ2) is 65.4. The van der Waals surface area contributed by atoms with Gasteiger partial charge >= 0.3 is 39.5 Å². The SMILES string of the molecule is CC(C)CCCCCCCCCCCCCCCCCC(=O)O[C@H](COC(=O)CCCCCCCCCC(C)C)COP(=O)(O)OCC(O)COP(=O)(O)OC[C@@H](COC(=O)CCCCCCCCCC(C)C)OC(=O)CCCCCCCCCCCCCCCCC(C)C. The Morgan fingerprint density at radius 3 is 0.653 bits per heavy atom. The molecule has 0 bridgehead atoms. The molecule has 0 rings (SSSR count). The predicted molar refractivity (Wildman–Crippen MR) is 386 cm³/mol. The van der Waals surface area contributed by atoms with Crippen molar-refractivity contribution in [1.82, 2.24) is 0 Å². The molecular formula is C76H148O17P2. The van der Waals surface area contributed by atoms with Crippen molar-refractivity contribution in [2.24, 2.45) is 23.7 Å². The van der Waals surface area contributed by atoms with Gasteiger partial charge in [-0.15, -0.1) is 0 Å². The molecule has 19 heteroatoms. The third kappa shape index (κ3) is 70.3. The van der Waals surface area contributed by atoms with E-state index >= 15 is 0 Å². The Bertz CT molecular complexity index is 1870. The summed E-state index contributed by atoms with van der Waals surface area (Å²) in [6, 6.07) is 0. The van der Waals surface area contributed by atoms with Gasteiger partial charge in [0.15, 0.2) is 12.2 Å². The Balaban J connectivity index is 5.21. The maximum Gasteiger partial charge on any atom is 0.472 e. The normalized spacial score (nSPS) is 14.1. The molecule has 0 fully saturated rings. The fourth-order valence-electron chi connectivity index (χ4n) is 11.6. The van der Waals surface area contributed by atoms with Crippen molar-refractivity contribution < 1.29 is 80.2 Å². The summed E-state index contributed by atoms with van der Waals surface area (Å²) in [5, 5.41) is 10.6. The Kier molecular flexibility index (Phi) is 64.0. The van der Waals surface area contributed by atoms with Crippen molar-refractivity contribution in [3.05, 3.63) is 0 Å². The highest BCUT2D eigenvalue weighted by molar-refractivity contribution is 7.47. The second-order valence-electron chi connectivity index (χ2n) is 29.3. The van der Waals surface area contributed by atoms with Crippen LogP contribution >= 0.6 is 15.6 Å². The van der Waals surface area contributed by atoms with E-state index in [9.17, 15) is 43.2 Å². The lowest BCUT2D eigenvalue weighted by Gasteiger charge is -2.21. The number of esters is 4. The number of rotatable bonds is 73. The van der Waals surface area contributed by atoms with Crippen LogP contribution in [0.5, 0.6) is 0 Å². The molecule has 3 N–H and O–H groups in total. The van der Waals surface area contributed by atoms with Crippen LogP contribution in [0.2, 0.25) is 0 Å². The molecule has 0 aliphatic rings. The molecule has 0 aromatic heterocycles. The van der Waals surface area contributed by atoms with Gasteiger partial charge in [-0.3, -0.25) is 37.3 Å². The standard InChI is InChI=1S/C76H148O17P2/c1-66(2)52-44-36-28-22-18-14-10-9-11-16-20-24-32-42-50-58-75(80)92-71(62-86-73(78)56-48-40-34-26-30-38-46-54-68(5)6)64-90-94(82,83)88-60-70(77)61-89-95(84,85)91-65-72(63-87-74(79)57-49-41-35-27-31-39-47-55-69(7)8)93-76(81)59-51-43-33-25-21-17-13-12-15-19-23-29-37-45-53-67(3)4/h66-72,77H,9-65H2,1-8H3,(H,82,83)(H,84,85)/t70?,71-,72-/m1/s1. The minimum Gasteiger partial charge on any atom is -0.462 e. The number of phosphoric ester groups is 2. The third-order valence-electron chi connectivity index (χ3n) is 17.6. The average molecular weight is 1400 g/mol. The van der Waals surface area contributed by atoms with Crippen LogP contribution in [0.1, 0.15) is 383 Å². The fraction of sp³-hybridized carbons (Fsp3) is 0.947. The van der Waals surface area contributed by atoms with E-state index < -0.39 is 97.5 Å². The molecule has 95 heavy (non-hydrogen) atoms. The maximum atomic E-state index is 13.1. The zero-order chi connectivity index (χ0) is 70.3. The largest absolute Gasteiger partial charge is 0.472 e. The zero-order valence-corrected chi connectivity index (χ0v) is 64.1. The van der Waals surface area contributed by atoms with Gasteiger partial charge in [-0.25, -0.2) is 9.13 Å².